The summed E-state index contributed by atoms with van der Waals surface area (Å²) in [5.74, 6) is -0.0668. The maximum Gasteiger partial charge on any atom is 0.323 e. The number of likely N-dealkylation sites (tertiary alicyclic amines) is 1. The van der Waals surface area contributed by atoms with Crippen molar-refractivity contribution in [2.24, 2.45) is 0 Å². The second-order valence-electron chi connectivity index (χ2n) is 4.58. The highest BCUT2D eigenvalue weighted by Gasteiger charge is 2.28. The summed E-state index contributed by atoms with van der Waals surface area (Å²) < 4.78 is 5.11. The third-order valence-corrected chi connectivity index (χ3v) is 3.52. The van der Waals surface area contributed by atoms with Crippen LogP contribution >= 0.6 is 0 Å². The fourth-order valence-electron chi connectivity index (χ4n) is 2.55. The second-order valence-corrected chi connectivity index (χ2v) is 4.58. The molecule has 1 aliphatic heterocycles. The largest absolute Gasteiger partial charge is 0.465 e. The highest BCUT2D eigenvalue weighted by molar-refractivity contribution is 5.75. The molecule has 1 aliphatic rings. The molecule has 0 aromatic heterocycles. The van der Waals surface area contributed by atoms with Crippen molar-refractivity contribution in [1.82, 2.24) is 4.90 Å². The Labute approximate surface area is 99.1 Å². The van der Waals surface area contributed by atoms with E-state index in [1.807, 2.05) is 13.8 Å². The summed E-state index contributed by atoms with van der Waals surface area (Å²) in [6, 6.07) is 0.477. The molecule has 0 amide bonds. The molecule has 16 heavy (non-hydrogen) atoms. The monoisotopic (exact) mass is 227 g/mol. The second kappa shape index (κ2) is 6.89. The summed E-state index contributed by atoms with van der Waals surface area (Å²) in [5, 5.41) is 0. The first kappa shape index (κ1) is 13.5. The Balaban J connectivity index is 2.61. The van der Waals surface area contributed by atoms with Crippen LogP contribution in [0.25, 0.3) is 0 Å². The normalized spacial score (nSPS) is 24.8. The molecule has 3 nitrogen and oxygen atoms in total. The zero-order chi connectivity index (χ0) is 12.0. The highest BCUT2D eigenvalue weighted by Crippen LogP contribution is 2.21. The van der Waals surface area contributed by atoms with Crippen LogP contribution in [-0.4, -0.2) is 36.1 Å². The van der Waals surface area contributed by atoms with E-state index in [0.29, 0.717) is 12.6 Å². The Morgan fingerprint density at radius 2 is 2.12 bits per heavy atom. The summed E-state index contributed by atoms with van der Waals surface area (Å²) >= 11 is 0. The summed E-state index contributed by atoms with van der Waals surface area (Å²) in [7, 11) is 0. The van der Waals surface area contributed by atoms with Gasteiger partial charge in [0.1, 0.15) is 6.04 Å². The minimum absolute atomic E-state index is 0.0668. The van der Waals surface area contributed by atoms with Crippen LogP contribution in [0.4, 0.5) is 0 Å². The topological polar surface area (TPSA) is 29.5 Å². The van der Waals surface area contributed by atoms with Gasteiger partial charge in [-0.05, 0) is 39.7 Å². The number of carbonyl (C=O) groups is 1. The first-order valence-corrected chi connectivity index (χ1v) is 6.63. The van der Waals surface area contributed by atoms with Gasteiger partial charge in [-0.25, -0.2) is 0 Å². The molecule has 1 saturated heterocycles. The van der Waals surface area contributed by atoms with Crippen molar-refractivity contribution in [1.29, 1.82) is 0 Å². The molecule has 0 aromatic carbocycles. The molecule has 1 fully saturated rings. The SMILES string of the molecule is CCOC(=O)C(C)N1CCCCCC1CC. The molecule has 0 spiro atoms. The predicted octanol–water partition coefficient (Wildman–Crippen LogP) is 2.59. The number of hydrogen-bond acceptors (Lipinski definition) is 3. The molecular weight excluding hydrogens is 202 g/mol. The van der Waals surface area contributed by atoms with Crippen LogP contribution in [0.1, 0.15) is 52.9 Å². The van der Waals surface area contributed by atoms with Crippen LogP contribution in [0.3, 0.4) is 0 Å². The molecule has 3 heteroatoms. The van der Waals surface area contributed by atoms with E-state index in [1.54, 1.807) is 0 Å². The zero-order valence-corrected chi connectivity index (χ0v) is 10.9. The number of esters is 1. The van der Waals surface area contributed by atoms with Crippen LogP contribution in [0, 0.1) is 0 Å². The van der Waals surface area contributed by atoms with Crippen LogP contribution in [0.15, 0.2) is 0 Å². The lowest BCUT2D eigenvalue weighted by molar-refractivity contribution is -0.149. The average molecular weight is 227 g/mol. The Bertz CT molecular complexity index is 218. The van der Waals surface area contributed by atoms with Crippen molar-refractivity contribution in [3.05, 3.63) is 0 Å². The van der Waals surface area contributed by atoms with Crippen molar-refractivity contribution in [2.45, 2.75) is 65.0 Å². The van der Waals surface area contributed by atoms with E-state index in [1.165, 1.54) is 25.7 Å². The van der Waals surface area contributed by atoms with Gasteiger partial charge in [0.15, 0.2) is 0 Å². The van der Waals surface area contributed by atoms with Gasteiger partial charge in [-0.2, -0.15) is 0 Å². The molecule has 0 aliphatic carbocycles. The molecule has 2 atom stereocenters. The summed E-state index contributed by atoms with van der Waals surface area (Å²) in [6.45, 7) is 7.57. The van der Waals surface area contributed by atoms with Crippen LogP contribution in [0.5, 0.6) is 0 Å². The van der Waals surface area contributed by atoms with Gasteiger partial charge in [0, 0.05) is 6.04 Å². The molecule has 94 valence electrons. The van der Waals surface area contributed by atoms with Gasteiger partial charge < -0.3 is 4.74 Å². The van der Waals surface area contributed by atoms with E-state index >= 15 is 0 Å². The molecule has 2 unspecified atom stereocenters. The Morgan fingerprint density at radius 1 is 1.38 bits per heavy atom. The number of rotatable bonds is 4. The van der Waals surface area contributed by atoms with Gasteiger partial charge in [0.25, 0.3) is 0 Å². The Hall–Kier alpha value is -0.570. The van der Waals surface area contributed by atoms with E-state index in [-0.39, 0.29) is 12.0 Å². The molecule has 0 saturated carbocycles. The summed E-state index contributed by atoms with van der Waals surface area (Å²) in [5.41, 5.74) is 0. The standard InChI is InChI=1S/C13H25NO2/c1-4-12-9-7-6-8-10-14(12)11(3)13(15)16-5-2/h11-12H,4-10H2,1-3H3. The number of nitrogens with zero attached hydrogens (tertiary/aromatic N) is 1. The lowest BCUT2D eigenvalue weighted by Gasteiger charge is -2.33. The van der Waals surface area contributed by atoms with Gasteiger partial charge in [0.05, 0.1) is 6.61 Å². The highest BCUT2D eigenvalue weighted by atomic mass is 16.5. The molecule has 1 rings (SSSR count). The molecule has 0 N–H and O–H groups in total. The first-order chi connectivity index (χ1) is 7.70. The molecule has 0 radical (unpaired) electrons. The van der Waals surface area contributed by atoms with Gasteiger partial charge in [-0.3, -0.25) is 9.69 Å². The van der Waals surface area contributed by atoms with Crippen LogP contribution < -0.4 is 0 Å². The minimum atomic E-state index is -0.0806. The number of ether oxygens (including phenoxy) is 1. The van der Waals surface area contributed by atoms with Crippen LogP contribution in [0.2, 0.25) is 0 Å². The zero-order valence-electron chi connectivity index (χ0n) is 10.9. The summed E-state index contributed by atoms with van der Waals surface area (Å²) in [6.07, 6.45) is 6.15. The minimum Gasteiger partial charge on any atom is -0.465 e. The molecule has 0 bridgehead atoms. The first-order valence-electron chi connectivity index (χ1n) is 6.63. The molecular formula is C13H25NO2. The van der Waals surface area contributed by atoms with Crippen molar-refractivity contribution >= 4 is 5.97 Å². The van der Waals surface area contributed by atoms with E-state index < -0.39 is 0 Å². The summed E-state index contributed by atoms with van der Waals surface area (Å²) in [4.78, 5) is 14.1. The van der Waals surface area contributed by atoms with Crippen molar-refractivity contribution in [3.8, 4) is 0 Å². The lowest BCUT2D eigenvalue weighted by atomic mass is 10.1. The number of hydrogen-bond donors (Lipinski definition) is 0. The Morgan fingerprint density at radius 3 is 2.75 bits per heavy atom. The van der Waals surface area contributed by atoms with Gasteiger partial charge >= 0.3 is 5.97 Å². The van der Waals surface area contributed by atoms with E-state index in [4.69, 9.17) is 4.74 Å². The Kier molecular flexibility index (Phi) is 5.81. The van der Waals surface area contributed by atoms with Crippen molar-refractivity contribution in [3.63, 3.8) is 0 Å². The predicted molar refractivity (Wildman–Crippen MR) is 65.3 cm³/mol. The maximum absolute atomic E-state index is 11.8. The fourth-order valence-corrected chi connectivity index (χ4v) is 2.55. The molecule has 1 heterocycles. The quantitative estimate of drug-likeness (QED) is 0.691. The third-order valence-electron chi connectivity index (χ3n) is 3.52. The van der Waals surface area contributed by atoms with Crippen molar-refractivity contribution < 1.29 is 9.53 Å². The van der Waals surface area contributed by atoms with Gasteiger partial charge in [0.2, 0.25) is 0 Å². The number of carbonyl (C=O) groups excluding carboxylic acids is 1. The third kappa shape index (κ3) is 3.48. The lowest BCUT2D eigenvalue weighted by Crippen LogP contribution is -2.46. The fraction of sp³-hybridized carbons (Fsp3) is 0.923. The van der Waals surface area contributed by atoms with Crippen LogP contribution in [-0.2, 0) is 9.53 Å². The smallest absolute Gasteiger partial charge is 0.323 e. The van der Waals surface area contributed by atoms with Gasteiger partial charge in [-0.1, -0.05) is 19.8 Å². The van der Waals surface area contributed by atoms with Gasteiger partial charge in [-0.15, -0.1) is 0 Å². The van der Waals surface area contributed by atoms with E-state index in [2.05, 4.69) is 11.8 Å². The van der Waals surface area contributed by atoms with E-state index in [0.717, 1.165) is 13.0 Å². The molecule has 0 aromatic rings. The average Bonchev–Trinajstić information content (AvgIpc) is 2.53. The van der Waals surface area contributed by atoms with E-state index in [9.17, 15) is 4.79 Å². The maximum atomic E-state index is 11.8. The van der Waals surface area contributed by atoms with Crippen molar-refractivity contribution in [2.75, 3.05) is 13.2 Å².